The lowest BCUT2D eigenvalue weighted by molar-refractivity contribution is 0.719. The molecule has 0 aromatic heterocycles. The molecule has 0 saturated carbocycles. The highest BCUT2D eigenvalue weighted by Gasteiger charge is 2.36. The molecule has 2 heteroatoms. The van der Waals surface area contributed by atoms with Crippen LogP contribution in [0.25, 0.3) is 87.6 Å². The average molecular weight is 791 g/mol. The molecule has 11 aromatic carbocycles. The Hall–Kier alpha value is -7.94. The third kappa shape index (κ3) is 5.95. The summed E-state index contributed by atoms with van der Waals surface area (Å²) in [6.45, 7) is 0. The zero-order valence-electron chi connectivity index (χ0n) is 34.4. The highest BCUT2D eigenvalue weighted by atomic mass is 15.4. The van der Waals surface area contributed by atoms with E-state index in [0.29, 0.717) is 0 Å². The molecular formula is C60H42N2. The Morgan fingerprint density at radius 3 is 1.37 bits per heavy atom. The number of rotatable bonds is 6. The molecule has 12 rings (SSSR count). The van der Waals surface area contributed by atoms with Crippen molar-refractivity contribution in [1.29, 1.82) is 0 Å². The fourth-order valence-electron chi connectivity index (χ4n) is 10.0. The van der Waals surface area contributed by atoms with E-state index < -0.39 is 0 Å². The van der Waals surface area contributed by atoms with E-state index >= 15 is 0 Å². The van der Waals surface area contributed by atoms with Crippen molar-refractivity contribution in [3.63, 3.8) is 0 Å². The maximum Gasteiger partial charge on any atom is 0.132 e. The highest BCUT2D eigenvalue weighted by Crippen LogP contribution is 2.51. The van der Waals surface area contributed by atoms with Crippen molar-refractivity contribution in [2.45, 2.75) is 6.17 Å². The van der Waals surface area contributed by atoms with E-state index in [2.05, 4.69) is 247 Å². The molecule has 1 atom stereocenters. The molecule has 11 aromatic rings. The van der Waals surface area contributed by atoms with Crippen LogP contribution in [-0.4, -0.2) is 7.05 Å². The van der Waals surface area contributed by atoms with Crippen molar-refractivity contribution in [2.75, 3.05) is 16.8 Å². The molecule has 1 aliphatic heterocycles. The van der Waals surface area contributed by atoms with E-state index in [4.69, 9.17) is 0 Å². The van der Waals surface area contributed by atoms with Crippen LogP contribution in [0.4, 0.5) is 17.1 Å². The van der Waals surface area contributed by atoms with Gasteiger partial charge in [-0.25, -0.2) is 0 Å². The Morgan fingerprint density at radius 2 is 0.758 bits per heavy atom. The van der Waals surface area contributed by atoms with Crippen LogP contribution >= 0.6 is 0 Å². The van der Waals surface area contributed by atoms with Crippen LogP contribution in [0.3, 0.4) is 0 Å². The molecule has 292 valence electrons. The van der Waals surface area contributed by atoms with E-state index in [-0.39, 0.29) is 6.17 Å². The minimum Gasteiger partial charge on any atom is -0.348 e. The molecule has 1 aliphatic rings. The van der Waals surface area contributed by atoms with E-state index in [1.165, 1.54) is 110 Å². The van der Waals surface area contributed by atoms with Crippen molar-refractivity contribution in [1.82, 2.24) is 0 Å². The number of benzene rings is 11. The third-order valence-corrected chi connectivity index (χ3v) is 13.0. The molecule has 0 saturated heterocycles. The number of fused-ring (bicyclic) bond motifs is 5. The molecule has 1 heterocycles. The molecule has 0 fully saturated rings. The van der Waals surface area contributed by atoms with Crippen molar-refractivity contribution in [3.05, 3.63) is 236 Å². The third-order valence-electron chi connectivity index (χ3n) is 13.0. The van der Waals surface area contributed by atoms with Gasteiger partial charge in [-0.2, -0.15) is 0 Å². The number of hydrogen-bond acceptors (Lipinski definition) is 2. The van der Waals surface area contributed by atoms with Crippen LogP contribution in [-0.2, 0) is 0 Å². The van der Waals surface area contributed by atoms with Gasteiger partial charge in [0.05, 0.1) is 11.4 Å². The monoisotopic (exact) mass is 790 g/mol. The summed E-state index contributed by atoms with van der Waals surface area (Å²) >= 11 is 0. The first-order valence-corrected chi connectivity index (χ1v) is 21.5. The topological polar surface area (TPSA) is 6.48 Å². The number of para-hydroxylation sites is 1. The predicted octanol–water partition coefficient (Wildman–Crippen LogP) is 16.3. The predicted molar refractivity (Wildman–Crippen MR) is 264 cm³/mol. The van der Waals surface area contributed by atoms with Crippen LogP contribution in [0, 0.1) is 0 Å². The summed E-state index contributed by atoms with van der Waals surface area (Å²) in [7, 11) is 2.22. The SMILES string of the molecule is CN1c2cc(-c3ccc(-c4ccc5c(-c6ccc7ccccc7c6)c6ccccc6c(-c6ccc7ccccc7c6)c5c4)cc3)ccc2N(c2ccccc2)C1c1ccccc1. The molecule has 0 bridgehead atoms. The lowest BCUT2D eigenvalue weighted by Crippen LogP contribution is -2.30. The molecule has 0 aliphatic carbocycles. The maximum absolute atomic E-state index is 2.46. The average Bonchev–Trinajstić information content (AvgIpc) is 3.64. The Morgan fingerprint density at radius 1 is 0.306 bits per heavy atom. The lowest BCUT2D eigenvalue weighted by Gasteiger charge is -2.31. The van der Waals surface area contributed by atoms with Gasteiger partial charge in [0.15, 0.2) is 0 Å². The first-order chi connectivity index (χ1) is 30.7. The second-order valence-electron chi connectivity index (χ2n) is 16.6. The van der Waals surface area contributed by atoms with Crippen LogP contribution < -0.4 is 9.80 Å². The highest BCUT2D eigenvalue weighted by molar-refractivity contribution is 6.22. The zero-order valence-corrected chi connectivity index (χ0v) is 34.4. The van der Waals surface area contributed by atoms with Gasteiger partial charge < -0.3 is 9.80 Å². The summed E-state index contributed by atoms with van der Waals surface area (Å²) in [6.07, 6.45) is 0.0532. The molecular weight excluding hydrogens is 749 g/mol. The van der Waals surface area contributed by atoms with Gasteiger partial charge in [0.25, 0.3) is 0 Å². The van der Waals surface area contributed by atoms with Gasteiger partial charge in [-0.3, -0.25) is 0 Å². The van der Waals surface area contributed by atoms with Gasteiger partial charge in [-0.15, -0.1) is 0 Å². The Bertz CT molecular complexity index is 3480. The minimum absolute atomic E-state index is 0.0532. The summed E-state index contributed by atoms with van der Waals surface area (Å²) in [5, 5.41) is 10.0. The van der Waals surface area contributed by atoms with E-state index in [1.807, 2.05) is 0 Å². The van der Waals surface area contributed by atoms with E-state index in [1.54, 1.807) is 0 Å². The first-order valence-electron chi connectivity index (χ1n) is 21.5. The van der Waals surface area contributed by atoms with E-state index in [0.717, 1.165) is 0 Å². The Kier molecular flexibility index (Phi) is 8.50. The number of nitrogens with zero attached hydrogens (tertiary/aromatic N) is 2. The van der Waals surface area contributed by atoms with Crippen molar-refractivity contribution in [2.24, 2.45) is 0 Å². The zero-order chi connectivity index (χ0) is 41.1. The Labute approximate surface area is 362 Å². The van der Waals surface area contributed by atoms with Gasteiger partial charge in [0, 0.05) is 12.7 Å². The van der Waals surface area contributed by atoms with Gasteiger partial charge in [0.1, 0.15) is 6.17 Å². The number of anilines is 3. The molecule has 62 heavy (non-hydrogen) atoms. The van der Waals surface area contributed by atoms with E-state index in [9.17, 15) is 0 Å². The summed E-state index contributed by atoms with van der Waals surface area (Å²) in [5.41, 5.74) is 14.7. The van der Waals surface area contributed by atoms with Crippen LogP contribution in [0.1, 0.15) is 11.7 Å². The fourth-order valence-corrected chi connectivity index (χ4v) is 10.0. The van der Waals surface area contributed by atoms with Crippen LogP contribution in [0.5, 0.6) is 0 Å². The lowest BCUT2D eigenvalue weighted by atomic mass is 9.84. The Balaban J connectivity index is 0.985. The van der Waals surface area contributed by atoms with Gasteiger partial charge in [-0.05, 0) is 136 Å². The second-order valence-corrected chi connectivity index (χ2v) is 16.6. The molecule has 0 radical (unpaired) electrons. The summed E-state index contributed by atoms with van der Waals surface area (Å²) in [4.78, 5) is 4.87. The van der Waals surface area contributed by atoms with Gasteiger partial charge in [0.2, 0.25) is 0 Å². The number of hydrogen-bond donors (Lipinski definition) is 0. The smallest absolute Gasteiger partial charge is 0.132 e. The van der Waals surface area contributed by atoms with Crippen LogP contribution in [0.15, 0.2) is 231 Å². The summed E-state index contributed by atoms with van der Waals surface area (Å²) in [6, 6.07) is 84.9. The summed E-state index contributed by atoms with van der Waals surface area (Å²) < 4.78 is 0. The standard InChI is InChI=1S/C60H42N2/c1-61-57-39-48(33-35-56(57)62(51-20-6-3-7-21-51)60(61)44-16-4-2-5-17-44)43-26-24-42(25-27-43)47-32-34-54-55(38-47)59(50-31-29-41-15-9-11-19-46(41)37-50)53-23-13-12-22-52(53)58(54)49-30-28-40-14-8-10-18-45(40)36-49/h2-39,60H,1H3. The van der Waals surface area contributed by atoms with Gasteiger partial charge >= 0.3 is 0 Å². The molecule has 0 N–H and O–H groups in total. The molecule has 2 nitrogen and oxygen atoms in total. The maximum atomic E-state index is 2.46. The largest absolute Gasteiger partial charge is 0.348 e. The van der Waals surface area contributed by atoms with Crippen LogP contribution in [0.2, 0.25) is 0 Å². The molecule has 0 amide bonds. The minimum atomic E-state index is 0.0532. The molecule has 1 unspecified atom stereocenters. The van der Waals surface area contributed by atoms with Gasteiger partial charge in [-0.1, -0.05) is 188 Å². The fraction of sp³-hybridized carbons (Fsp3) is 0.0333. The first kappa shape index (κ1) is 36.0. The quantitative estimate of drug-likeness (QED) is 0.155. The summed E-state index contributed by atoms with van der Waals surface area (Å²) in [5.74, 6) is 0. The second kappa shape index (κ2) is 14.7. The van der Waals surface area contributed by atoms with Crippen molar-refractivity contribution >= 4 is 60.2 Å². The van der Waals surface area contributed by atoms with Crippen molar-refractivity contribution in [3.8, 4) is 44.5 Å². The normalized spacial score (nSPS) is 13.7. The molecule has 0 spiro atoms. The van der Waals surface area contributed by atoms with Crippen molar-refractivity contribution < 1.29 is 0 Å².